The summed E-state index contributed by atoms with van der Waals surface area (Å²) in [5, 5.41) is 11.7. The van der Waals surface area contributed by atoms with Crippen LogP contribution in [0.1, 0.15) is 25.5 Å². The van der Waals surface area contributed by atoms with Crippen molar-refractivity contribution >= 4 is 11.7 Å². The van der Waals surface area contributed by atoms with Crippen molar-refractivity contribution in [2.45, 2.75) is 20.0 Å². The molecule has 0 fully saturated rings. The fraction of sp³-hybridized carbons (Fsp3) is 0.467. The van der Waals surface area contributed by atoms with Gasteiger partial charge in [-0.15, -0.1) is 0 Å². The van der Waals surface area contributed by atoms with Crippen molar-refractivity contribution in [2.24, 2.45) is 16.8 Å². The van der Waals surface area contributed by atoms with Gasteiger partial charge in [-0.2, -0.15) is 0 Å². The van der Waals surface area contributed by atoms with Crippen molar-refractivity contribution in [3.63, 3.8) is 0 Å². The maximum atomic E-state index is 12.6. The van der Waals surface area contributed by atoms with Crippen LogP contribution in [0.2, 0.25) is 0 Å². The number of amides is 1. The van der Waals surface area contributed by atoms with Gasteiger partial charge in [-0.05, 0) is 12.5 Å². The molecule has 0 aliphatic carbocycles. The van der Waals surface area contributed by atoms with Gasteiger partial charge in [-0.1, -0.05) is 42.4 Å². The summed E-state index contributed by atoms with van der Waals surface area (Å²) in [6.07, 6.45) is -0.648. The van der Waals surface area contributed by atoms with E-state index in [0.29, 0.717) is 13.1 Å². The molecule has 1 amide bonds. The van der Waals surface area contributed by atoms with E-state index in [1.54, 1.807) is 11.8 Å². The van der Waals surface area contributed by atoms with Gasteiger partial charge in [0.1, 0.15) is 5.84 Å². The Bertz CT molecular complexity index is 476. The van der Waals surface area contributed by atoms with Crippen LogP contribution in [-0.2, 0) is 9.53 Å². The maximum absolute atomic E-state index is 12.6. The molecule has 0 aliphatic heterocycles. The first-order chi connectivity index (χ1) is 10.0. The molecule has 2 atom stereocenters. The maximum Gasteiger partial charge on any atom is 0.256 e. The minimum absolute atomic E-state index is 0.106. The first-order valence-corrected chi connectivity index (χ1v) is 6.89. The van der Waals surface area contributed by atoms with Gasteiger partial charge in [0.05, 0.1) is 0 Å². The first-order valence-electron chi connectivity index (χ1n) is 6.89. The highest BCUT2D eigenvalue weighted by Gasteiger charge is 2.26. The molecule has 1 rings (SSSR count). The molecule has 6 nitrogen and oxygen atoms in total. The van der Waals surface area contributed by atoms with Crippen molar-refractivity contribution < 1.29 is 14.7 Å². The number of hydrogen-bond donors (Lipinski definition) is 2. The highest BCUT2D eigenvalue weighted by atomic mass is 16.5. The topological polar surface area (TPSA) is 88.1 Å². The van der Waals surface area contributed by atoms with Crippen LogP contribution >= 0.6 is 0 Å². The molecule has 116 valence electrons. The summed E-state index contributed by atoms with van der Waals surface area (Å²) >= 11 is 0. The highest BCUT2D eigenvalue weighted by Crippen LogP contribution is 2.19. The third kappa shape index (κ3) is 4.46. The lowest BCUT2D eigenvalue weighted by Crippen LogP contribution is -2.41. The number of carbonyl (C=O) groups excluding carboxylic acids is 1. The van der Waals surface area contributed by atoms with Gasteiger partial charge in [0.25, 0.3) is 5.91 Å². The molecular weight excluding hydrogens is 270 g/mol. The van der Waals surface area contributed by atoms with Crippen molar-refractivity contribution in [3.8, 4) is 0 Å². The van der Waals surface area contributed by atoms with Crippen LogP contribution in [0.3, 0.4) is 0 Å². The van der Waals surface area contributed by atoms with Crippen LogP contribution in [0.4, 0.5) is 0 Å². The number of likely N-dealkylation sites (N-methyl/N-ethyl adjacent to an activating group) is 1. The lowest BCUT2D eigenvalue weighted by atomic mass is 10.1. The molecule has 0 aromatic heterocycles. The molecule has 0 spiro atoms. The molecule has 0 saturated heterocycles. The summed E-state index contributed by atoms with van der Waals surface area (Å²) in [5.41, 5.74) is 6.38. The summed E-state index contributed by atoms with van der Waals surface area (Å²) in [6, 6.07) is 9.33. The summed E-state index contributed by atoms with van der Waals surface area (Å²) in [7, 11) is 1.51. The number of nitrogens with zero attached hydrogens (tertiary/aromatic N) is 2. The molecule has 0 aliphatic rings. The minimum atomic E-state index is -0.648. The minimum Gasteiger partial charge on any atom is -0.409 e. The standard InChI is InChI=1S/C15H23N3O3/c1-4-18(10-11(2)14(16)17-20)15(19)13(21-3)12-8-6-5-7-9-12/h5-9,11,13,20H,4,10H2,1-3H3,(H2,16,17). The number of nitrogens with two attached hydrogens (primary N) is 1. The average molecular weight is 293 g/mol. The average Bonchev–Trinajstić information content (AvgIpc) is 2.53. The normalized spacial score (nSPS) is 14.5. The summed E-state index contributed by atoms with van der Waals surface area (Å²) < 4.78 is 5.35. The smallest absolute Gasteiger partial charge is 0.256 e. The van der Waals surface area contributed by atoms with Gasteiger partial charge in [0, 0.05) is 26.1 Å². The molecule has 0 radical (unpaired) electrons. The molecule has 6 heteroatoms. The molecule has 1 aromatic carbocycles. The molecule has 21 heavy (non-hydrogen) atoms. The summed E-state index contributed by atoms with van der Waals surface area (Å²) in [6.45, 7) is 4.58. The SMILES string of the molecule is CCN(CC(C)C(N)=NO)C(=O)C(OC)c1ccccc1. The Morgan fingerprint density at radius 2 is 2.05 bits per heavy atom. The van der Waals surface area contributed by atoms with E-state index in [9.17, 15) is 4.79 Å². The number of carbonyl (C=O) groups is 1. The van der Waals surface area contributed by atoms with Gasteiger partial charge in [-0.3, -0.25) is 4.79 Å². The Hall–Kier alpha value is -2.08. The lowest BCUT2D eigenvalue weighted by molar-refractivity contribution is -0.142. The number of oxime groups is 1. The fourth-order valence-corrected chi connectivity index (χ4v) is 2.07. The number of ether oxygens (including phenoxy) is 1. The van der Waals surface area contributed by atoms with Gasteiger partial charge in [-0.25, -0.2) is 0 Å². The molecule has 0 saturated carbocycles. The number of rotatable bonds is 7. The van der Waals surface area contributed by atoms with E-state index in [4.69, 9.17) is 15.7 Å². The van der Waals surface area contributed by atoms with E-state index >= 15 is 0 Å². The molecular formula is C15H23N3O3. The Labute approximate surface area is 125 Å². The van der Waals surface area contributed by atoms with Crippen LogP contribution in [-0.4, -0.2) is 42.0 Å². The largest absolute Gasteiger partial charge is 0.409 e. The predicted octanol–water partition coefficient (Wildman–Crippen LogP) is 1.61. The van der Waals surface area contributed by atoms with Crippen molar-refractivity contribution in [1.82, 2.24) is 4.90 Å². The monoisotopic (exact) mass is 293 g/mol. The number of amidine groups is 1. The number of benzene rings is 1. The predicted molar refractivity (Wildman–Crippen MR) is 81.0 cm³/mol. The van der Waals surface area contributed by atoms with Crippen molar-refractivity contribution in [3.05, 3.63) is 35.9 Å². The summed E-state index contributed by atoms with van der Waals surface area (Å²) in [4.78, 5) is 14.3. The second-order valence-electron chi connectivity index (χ2n) is 4.83. The fourth-order valence-electron chi connectivity index (χ4n) is 2.07. The van der Waals surface area contributed by atoms with Crippen molar-refractivity contribution in [2.75, 3.05) is 20.2 Å². The third-order valence-corrected chi connectivity index (χ3v) is 3.37. The van der Waals surface area contributed by atoms with Gasteiger partial charge >= 0.3 is 0 Å². The van der Waals surface area contributed by atoms with Crippen LogP contribution < -0.4 is 5.73 Å². The van der Waals surface area contributed by atoms with E-state index in [0.717, 1.165) is 5.56 Å². The highest BCUT2D eigenvalue weighted by molar-refractivity contribution is 5.85. The number of methoxy groups -OCH3 is 1. The van der Waals surface area contributed by atoms with Crippen LogP contribution in [0.15, 0.2) is 35.5 Å². The van der Waals surface area contributed by atoms with Gasteiger partial charge < -0.3 is 20.6 Å². The molecule has 1 aromatic rings. The van der Waals surface area contributed by atoms with Crippen LogP contribution in [0.25, 0.3) is 0 Å². The second kappa shape index (κ2) is 8.26. The van der Waals surface area contributed by atoms with Crippen LogP contribution in [0.5, 0.6) is 0 Å². The molecule has 2 unspecified atom stereocenters. The lowest BCUT2D eigenvalue weighted by Gasteiger charge is -2.27. The van der Waals surface area contributed by atoms with E-state index in [-0.39, 0.29) is 17.7 Å². The number of hydrogen-bond acceptors (Lipinski definition) is 4. The zero-order valence-electron chi connectivity index (χ0n) is 12.7. The van der Waals surface area contributed by atoms with E-state index < -0.39 is 6.10 Å². The third-order valence-electron chi connectivity index (χ3n) is 3.37. The Morgan fingerprint density at radius 1 is 1.43 bits per heavy atom. The van der Waals surface area contributed by atoms with Crippen molar-refractivity contribution in [1.29, 1.82) is 0 Å². The van der Waals surface area contributed by atoms with Gasteiger partial charge in [0.15, 0.2) is 6.10 Å². The zero-order chi connectivity index (χ0) is 15.8. The van der Waals surface area contributed by atoms with E-state index in [1.165, 1.54) is 7.11 Å². The molecule has 0 bridgehead atoms. The first kappa shape index (κ1) is 17.0. The van der Waals surface area contributed by atoms with E-state index in [2.05, 4.69) is 5.16 Å². The van der Waals surface area contributed by atoms with E-state index in [1.807, 2.05) is 37.3 Å². The van der Waals surface area contributed by atoms with Gasteiger partial charge in [0.2, 0.25) is 0 Å². The molecule has 3 N–H and O–H groups in total. The van der Waals surface area contributed by atoms with Crippen LogP contribution in [0, 0.1) is 5.92 Å². The molecule has 0 heterocycles. The Morgan fingerprint density at radius 3 is 2.52 bits per heavy atom. The quantitative estimate of drug-likeness (QED) is 0.346. The zero-order valence-corrected chi connectivity index (χ0v) is 12.7. The Balaban J connectivity index is 2.86. The Kier molecular flexibility index (Phi) is 6.68. The summed E-state index contributed by atoms with van der Waals surface area (Å²) in [5.74, 6) is -0.258. The second-order valence-corrected chi connectivity index (χ2v) is 4.83.